The van der Waals surface area contributed by atoms with E-state index in [-0.39, 0.29) is 0 Å². The molecule has 7 heteroatoms. The fraction of sp³-hybridized carbons (Fsp3) is 0.273. The van der Waals surface area contributed by atoms with Gasteiger partial charge in [-0.25, -0.2) is 0 Å². The maximum Gasteiger partial charge on any atom is 0.259 e. The van der Waals surface area contributed by atoms with E-state index in [1.54, 1.807) is 25.3 Å². The van der Waals surface area contributed by atoms with Crippen LogP contribution in [-0.2, 0) is 4.74 Å². The van der Waals surface area contributed by atoms with Gasteiger partial charge in [-0.2, -0.15) is 4.98 Å². The molecule has 96 valence electrons. The fourth-order valence-corrected chi connectivity index (χ4v) is 1.90. The molecule has 0 aliphatic heterocycles. The summed E-state index contributed by atoms with van der Waals surface area (Å²) < 4.78 is 10.0. The van der Waals surface area contributed by atoms with Gasteiger partial charge in [0.1, 0.15) is 0 Å². The number of nitrogens with zero attached hydrogens (tertiary/aromatic N) is 2. The number of rotatable bonds is 4. The minimum absolute atomic E-state index is 0.304. The van der Waals surface area contributed by atoms with Crippen molar-refractivity contribution >= 4 is 23.2 Å². The van der Waals surface area contributed by atoms with Crippen molar-refractivity contribution in [2.75, 3.05) is 13.7 Å². The smallest absolute Gasteiger partial charge is 0.259 e. The summed E-state index contributed by atoms with van der Waals surface area (Å²) in [6, 6.07) is 4.58. The molecule has 1 unspecified atom stereocenters. The number of hydrogen-bond acceptors (Lipinski definition) is 5. The van der Waals surface area contributed by atoms with Gasteiger partial charge in [-0.1, -0.05) is 28.4 Å². The van der Waals surface area contributed by atoms with E-state index in [0.717, 1.165) is 0 Å². The maximum absolute atomic E-state index is 6.05. The molecule has 0 bridgehead atoms. The molecule has 0 aliphatic carbocycles. The van der Waals surface area contributed by atoms with Crippen LogP contribution in [0.5, 0.6) is 0 Å². The molecule has 1 atom stereocenters. The van der Waals surface area contributed by atoms with E-state index >= 15 is 0 Å². The van der Waals surface area contributed by atoms with Crippen molar-refractivity contribution in [1.29, 1.82) is 0 Å². The molecule has 0 fully saturated rings. The summed E-state index contributed by atoms with van der Waals surface area (Å²) in [5.74, 6) is 0.677. The first-order chi connectivity index (χ1) is 8.61. The Morgan fingerprint density at radius 2 is 2.22 bits per heavy atom. The Balaban J connectivity index is 2.29. The summed E-state index contributed by atoms with van der Waals surface area (Å²) in [6.07, 6.45) is 0. The summed E-state index contributed by atoms with van der Waals surface area (Å²) in [4.78, 5) is 4.18. The highest BCUT2D eigenvalue weighted by atomic mass is 35.5. The van der Waals surface area contributed by atoms with Gasteiger partial charge in [-0.3, -0.25) is 0 Å². The number of nitrogens with two attached hydrogens (primary N) is 1. The standard InChI is InChI=1S/C11H11Cl2N3O2/c1-17-5-9(14)10-15-11(18-16-10)7-3-2-6(12)4-8(7)13/h2-4,9H,5,14H2,1H3. The van der Waals surface area contributed by atoms with Gasteiger partial charge in [-0.15, -0.1) is 0 Å². The third-order valence-corrected chi connectivity index (χ3v) is 2.83. The summed E-state index contributed by atoms with van der Waals surface area (Å²) in [6.45, 7) is 0.313. The topological polar surface area (TPSA) is 74.2 Å². The van der Waals surface area contributed by atoms with Gasteiger partial charge < -0.3 is 15.0 Å². The molecule has 5 nitrogen and oxygen atoms in total. The molecule has 2 N–H and O–H groups in total. The molecule has 1 heterocycles. The van der Waals surface area contributed by atoms with Crippen LogP contribution in [-0.4, -0.2) is 23.9 Å². The number of ether oxygens (including phenoxy) is 1. The first-order valence-electron chi connectivity index (χ1n) is 5.15. The van der Waals surface area contributed by atoms with Crippen LogP contribution in [0, 0.1) is 0 Å². The highest BCUT2D eigenvalue weighted by Gasteiger charge is 2.16. The lowest BCUT2D eigenvalue weighted by Gasteiger charge is -2.03. The number of halogens is 2. The highest BCUT2D eigenvalue weighted by molar-refractivity contribution is 6.36. The molecule has 1 aromatic heterocycles. The van der Waals surface area contributed by atoms with E-state index in [1.165, 1.54) is 0 Å². The van der Waals surface area contributed by atoms with Gasteiger partial charge in [-0.05, 0) is 18.2 Å². The number of aromatic nitrogens is 2. The monoisotopic (exact) mass is 287 g/mol. The largest absolute Gasteiger partial charge is 0.383 e. The molecule has 0 saturated heterocycles. The first kappa shape index (κ1) is 13.3. The van der Waals surface area contributed by atoms with E-state index in [0.29, 0.717) is 33.9 Å². The minimum atomic E-state index is -0.432. The van der Waals surface area contributed by atoms with Gasteiger partial charge in [0, 0.05) is 12.1 Å². The molecule has 0 radical (unpaired) electrons. The highest BCUT2D eigenvalue weighted by Crippen LogP contribution is 2.29. The Morgan fingerprint density at radius 1 is 1.44 bits per heavy atom. The summed E-state index contributed by atoms with van der Waals surface area (Å²) in [7, 11) is 1.55. The van der Waals surface area contributed by atoms with Gasteiger partial charge in [0.15, 0.2) is 5.82 Å². The first-order valence-corrected chi connectivity index (χ1v) is 5.91. The Hall–Kier alpha value is -1.14. The van der Waals surface area contributed by atoms with Gasteiger partial charge in [0.2, 0.25) is 0 Å². The molecule has 2 rings (SSSR count). The fourth-order valence-electron chi connectivity index (χ4n) is 1.41. The van der Waals surface area contributed by atoms with Crippen LogP contribution in [0.1, 0.15) is 11.9 Å². The average Bonchev–Trinajstić information content (AvgIpc) is 2.78. The van der Waals surface area contributed by atoms with Crippen molar-refractivity contribution in [2.45, 2.75) is 6.04 Å². The third-order valence-electron chi connectivity index (χ3n) is 2.28. The average molecular weight is 288 g/mol. The lowest BCUT2D eigenvalue weighted by atomic mass is 10.2. The van der Waals surface area contributed by atoms with E-state index in [1.807, 2.05) is 0 Å². The van der Waals surface area contributed by atoms with Crippen molar-refractivity contribution in [3.8, 4) is 11.5 Å². The second-order valence-corrected chi connectivity index (χ2v) is 4.49. The van der Waals surface area contributed by atoms with Crippen molar-refractivity contribution in [3.63, 3.8) is 0 Å². The SMILES string of the molecule is COCC(N)c1noc(-c2ccc(Cl)cc2Cl)n1. The Morgan fingerprint density at radius 3 is 2.89 bits per heavy atom. The van der Waals surface area contributed by atoms with Crippen LogP contribution in [0.3, 0.4) is 0 Å². The molecule has 2 aromatic rings. The molecule has 1 aromatic carbocycles. The zero-order valence-electron chi connectivity index (χ0n) is 9.56. The van der Waals surface area contributed by atoms with Crippen LogP contribution >= 0.6 is 23.2 Å². The maximum atomic E-state index is 6.05. The Bertz CT molecular complexity index is 545. The van der Waals surface area contributed by atoms with E-state index in [2.05, 4.69) is 10.1 Å². The quantitative estimate of drug-likeness (QED) is 0.936. The van der Waals surface area contributed by atoms with Crippen LogP contribution < -0.4 is 5.73 Å². The normalized spacial score (nSPS) is 12.7. The molecule has 18 heavy (non-hydrogen) atoms. The lowest BCUT2D eigenvalue weighted by Crippen LogP contribution is -2.17. The molecular formula is C11H11Cl2N3O2. The van der Waals surface area contributed by atoms with Crippen LogP contribution in [0.2, 0.25) is 10.0 Å². The number of hydrogen-bond donors (Lipinski definition) is 1. The predicted molar refractivity (Wildman–Crippen MR) is 68.6 cm³/mol. The number of benzene rings is 1. The van der Waals surface area contributed by atoms with Crippen LogP contribution in [0.15, 0.2) is 22.7 Å². The van der Waals surface area contributed by atoms with E-state index < -0.39 is 6.04 Å². The van der Waals surface area contributed by atoms with Crippen LogP contribution in [0.25, 0.3) is 11.5 Å². The van der Waals surface area contributed by atoms with Gasteiger partial charge in [0.25, 0.3) is 5.89 Å². The zero-order chi connectivity index (χ0) is 13.1. The number of methoxy groups -OCH3 is 1. The Labute approximate surface area is 114 Å². The molecule has 0 spiro atoms. The molecule has 0 aliphatic rings. The second-order valence-electron chi connectivity index (χ2n) is 3.64. The molecule has 0 amide bonds. The summed E-state index contributed by atoms with van der Waals surface area (Å²) in [5.41, 5.74) is 6.41. The minimum Gasteiger partial charge on any atom is -0.383 e. The van der Waals surface area contributed by atoms with E-state index in [4.69, 9.17) is 38.2 Å². The van der Waals surface area contributed by atoms with Crippen molar-refractivity contribution in [3.05, 3.63) is 34.1 Å². The van der Waals surface area contributed by atoms with Gasteiger partial charge >= 0.3 is 0 Å². The van der Waals surface area contributed by atoms with Crippen LogP contribution in [0.4, 0.5) is 0 Å². The van der Waals surface area contributed by atoms with Crippen molar-refractivity contribution in [1.82, 2.24) is 10.1 Å². The molecular weight excluding hydrogens is 277 g/mol. The lowest BCUT2D eigenvalue weighted by molar-refractivity contribution is 0.177. The van der Waals surface area contributed by atoms with E-state index in [9.17, 15) is 0 Å². The predicted octanol–water partition coefficient (Wildman–Crippen LogP) is 2.69. The summed E-state index contributed by atoms with van der Waals surface area (Å²) in [5, 5.41) is 4.78. The summed E-state index contributed by atoms with van der Waals surface area (Å²) >= 11 is 11.9. The Kier molecular flexibility index (Phi) is 4.19. The molecule has 0 saturated carbocycles. The van der Waals surface area contributed by atoms with Crippen molar-refractivity contribution < 1.29 is 9.26 Å². The zero-order valence-corrected chi connectivity index (χ0v) is 11.1. The third kappa shape index (κ3) is 2.81. The van der Waals surface area contributed by atoms with Crippen molar-refractivity contribution in [2.24, 2.45) is 5.73 Å². The van der Waals surface area contributed by atoms with Gasteiger partial charge in [0.05, 0.1) is 23.2 Å². The second kappa shape index (κ2) is 5.67.